The molecule has 104 valence electrons. The predicted octanol–water partition coefficient (Wildman–Crippen LogP) is 2.22. The van der Waals surface area contributed by atoms with E-state index in [-0.39, 0.29) is 12.6 Å². The Morgan fingerprint density at radius 3 is 3.15 bits per heavy atom. The van der Waals surface area contributed by atoms with Gasteiger partial charge in [0.2, 0.25) is 0 Å². The number of nitrogens with zero attached hydrogens (tertiary/aromatic N) is 1. The zero-order chi connectivity index (χ0) is 13.9. The number of hydrogen-bond donors (Lipinski definition) is 2. The molecule has 20 heavy (non-hydrogen) atoms. The van der Waals surface area contributed by atoms with Gasteiger partial charge in [0.15, 0.2) is 6.39 Å². The molecule has 6 heteroatoms. The van der Waals surface area contributed by atoms with Crippen LogP contribution >= 0.6 is 0 Å². The topological polar surface area (TPSA) is 84.6 Å². The van der Waals surface area contributed by atoms with E-state index in [1.54, 1.807) is 6.26 Å². The summed E-state index contributed by atoms with van der Waals surface area (Å²) in [6.45, 7) is 0.804. The lowest BCUT2D eigenvalue weighted by Gasteiger charge is -2.27. The zero-order valence-corrected chi connectivity index (χ0v) is 10.7. The summed E-state index contributed by atoms with van der Waals surface area (Å²) in [6.07, 6.45) is 2.48. The number of fused-ring (bicyclic) bond motifs is 1. The summed E-state index contributed by atoms with van der Waals surface area (Å²) in [5, 5.41) is 11.1. The summed E-state index contributed by atoms with van der Waals surface area (Å²) in [4.78, 5) is 14.8. The van der Waals surface area contributed by atoms with E-state index in [0.717, 1.165) is 28.8 Å². The van der Waals surface area contributed by atoms with Crippen molar-refractivity contribution in [3.05, 3.63) is 42.0 Å². The third-order valence-corrected chi connectivity index (χ3v) is 3.38. The molecule has 1 aliphatic heterocycles. The van der Waals surface area contributed by atoms with E-state index >= 15 is 0 Å². The summed E-state index contributed by atoms with van der Waals surface area (Å²) in [6, 6.07) is 5.88. The van der Waals surface area contributed by atoms with Gasteiger partial charge in [-0.3, -0.25) is 0 Å². The van der Waals surface area contributed by atoms with Crippen LogP contribution < -0.4 is 5.32 Å². The molecule has 2 aromatic rings. The highest BCUT2D eigenvalue weighted by Crippen LogP contribution is 2.33. The first kappa shape index (κ1) is 12.7. The Kier molecular flexibility index (Phi) is 3.39. The molecule has 0 radical (unpaired) electrons. The molecule has 1 amide bonds. The summed E-state index contributed by atoms with van der Waals surface area (Å²) in [5.74, 6) is 0. The number of carbonyl (C=O) groups is 1. The van der Waals surface area contributed by atoms with Gasteiger partial charge in [0.25, 0.3) is 0 Å². The van der Waals surface area contributed by atoms with E-state index in [1.165, 1.54) is 6.39 Å². The van der Waals surface area contributed by atoms with Gasteiger partial charge < -0.3 is 19.6 Å². The number of carboxylic acid groups (broad SMARTS) is 1. The second kappa shape index (κ2) is 5.34. The Morgan fingerprint density at radius 1 is 1.50 bits per heavy atom. The first-order valence-electron chi connectivity index (χ1n) is 6.34. The monoisotopic (exact) mass is 274 g/mol. The number of aromatic nitrogens is 1. The largest absolute Gasteiger partial charge is 0.465 e. The van der Waals surface area contributed by atoms with Crippen LogP contribution in [0.5, 0.6) is 0 Å². The van der Waals surface area contributed by atoms with Crippen LogP contribution in [0.25, 0.3) is 11.3 Å². The molecule has 1 aromatic heterocycles. The first-order chi connectivity index (χ1) is 9.75. The molecule has 1 aromatic carbocycles. The molecule has 0 saturated carbocycles. The van der Waals surface area contributed by atoms with Crippen LogP contribution in [0.15, 0.2) is 35.3 Å². The fourth-order valence-corrected chi connectivity index (χ4v) is 2.51. The van der Waals surface area contributed by atoms with Crippen molar-refractivity contribution in [3.63, 3.8) is 0 Å². The zero-order valence-electron chi connectivity index (χ0n) is 10.7. The lowest BCUT2D eigenvalue weighted by atomic mass is 9.91. The Balaban J connectivity index is 1.94. The van der Waals surface area contributed by atoms with Crippen molar-refractivity contribution >= 4 is 6.09 Å². The van der Waals surface area contributed by atoms with E-state index in [9.17, 15) is 4.79 Å². The Labute approximate surface area is 115 Å². The lowest BCUT2D eigenvalue weighted by molar-refractivity contribution is 0.0428. The summed E-state index contributed by atoms with van der Waals surface area (Å²) in [7, 11) is 0. The minimum atomic E-state index is -1.05. The van der Waals surface area contributed by atoms with Gasteiger partial charge in [-0.1, -0.05) is 18.2 Å². The molecule has 0 bridgehead atoms. The van der Waals surface area contributed by atoms with E-state index in [2.05, 4.69) is 10.3 Å². The van der Waals surface area contributed by atoms with Gasteiger partial charge in [-0.05, 0) is 17.5 Å². The number of oxazole rings is 1. The average molecular weight is 274 g/mol. The quantitative estimate of drug-likeness (QED) is 0.896. The molecule has 0 spiro atoms. The van der Waals surface area contributed by atoms with Crippen molar-refractivity contribution in [2.24, 2.45) is 0 Å². The van der Waals surface area contributed by atoms with Gasteiger partial charge in [-0.15, -0.1) is 0 Å². The van der Waals surface area contributed by atoms with Crippen molar-refractivity contribution in [3.8, 4) is 11.3 Å². The molecule has 0 fully saturated rings. The van der Waals surface area contributed by atoms with Crippen molar-refractivity contribution < 1.29 is 19.1 Å². The number of amides is 1. The second-order valence-electron chi connectivity index (χ2n) is 4.54. The average Bonchev–Trinajstić information content (AvgIpc) is 2.98. The van der Waals surface area contributed by atoms with E-state index in [4.69, 9.17) is 14.3 Å². The van der Waals surface area contributed by atoms with E-state index in [1.807, 2.05) is 18.2 Å². The SMILES string of the molecule is O=C(O)NCC1OCCc2c(-c3cocn3)cccc21. The Bertz CT molecular complexity index is 610. The maximum absolute atomic E-state index is 10.6. The predicted molar refractivity (Wildman–Crippen MR) is 70.4 cm³/mol. The van der Waals surface area contributed by atoms with Crippen LogP contribution in [0.4, 0.5) is 4.79 Å². The molecule has 6 nitrogen and oxygen atoms in total. The van der Waals surface area contributed by atoms with Gasteiger partial charge in [0, 0.05) is 5.56 Å². The van der Waals surface area contributed by atoms with Crippen LogP contribution in [0.2, 0.25) is 0 Å². The van der Waals surface area contributed by atoms with Crippen molar-refractivity contribution in [1.29, 1.82) is 0 Å². The van der Waals surface area contributed by atoms with Crippen LogP contribution in [-0.2, 0) is 11.2 Å². The molecule has 1 unspecified atom stereocenters. The van der Waals surface area contributed by atoms with Crippen LogP contribution in [0.1, 0.15) is 17.2 Å². The summed E-state index contributed by atoms with van der Waals surface area (Å²) in [5.41, 5.74) is 3.95. The molecular formula is C14H14N2O4. The lowest BCUT2D eigenvalue weighted by Crippen LogP contribution is -2.30. The molecule has 2 heterocycles. The molecule has 0 saturated heterocycles. The third-order valence-electron chi connectivity index (χ3n) is 3.38. The molecule has 3 rings (SSSR count). The Morgan fingerprint density at radius 2 is 2.40 bits per heavy atom. The Hall–Kier alpha value is -2.34. The standard InChI is InChI=1S/C14H14N2O4/c17-14(18)15-6-13-11-3-1-2-10(9(11)4-5-20-13)12-7-19-8-16-12/h1-3,7-8,13,15H,4-6H2,(H,17,18). The van der Waals surface area contributed by atoms with Crippen LogP contribution in [-0.4, -0.2) is 29.3 Å². The fraction of sp³-hybridized carbons (Fsp3) is 0.286. The molecular weight excluding hydrogens is 260 g/mol. The molecule has 1 atom stereocenters. The maximum Gasteiger partial charge on any atom is 0.404 e. The maximum atomic E-state index is 10.6. The highest BCUT2D eigenvalue weighted by atomic mass is 16.5. The number of hydrogen-bond acceptors (Lipinski definition) is 4. The second-order valence-corrected chi connectivity index (χ2v) is 4.54. The van der Waals surface area contributed by atoms with Gasteiger partial charge in [-0.25, -0.2) is 9.78 Å². The number of rotatable bonds is 3. The van der Waals surface area contributed by atoms with Gasteiger partial charge in [-0.2, -0.15) is 0 Å². The van der Waals surface area contributed by atoms with Crippen LogP contribution in [0, 0.1) is 0 Å². The highest BCUT2D eigenvalue weighted by molar-refractivity contribution is 5.66. The first-order valence-corrected chi connectivity index (χ1v) is 6.34. The smallest absolute Gasteiger partial charge is 0.404 e. The van der Waals surface area contributed by atoms with Gasteiger partial charge in [0.1, 0.15) is 18.1 Å². The fourth-order valence-electron chi connectivity index (χ4n) is 2.51. The number of ether oxygens (including phenoxy) is 1. The van der Waals surface area contributed by atoms with Crippen molar-refractivity contribution in [1.82, 2.24) is 10.3 Å². The van der Waals surface area contributed by atoms with E-state index in [0.29, 0.717) is 6.61 Å². The highest BCUT2D eigenvalue weighted by Gasteiger charge is 2.24. The van der Waals surface area contributed by atoms with Crippen LogP contribution in [0.3, 0.4) is 0 Å². The van der Waals surface area contributed by atoms with E-state index < -0.39 is 6.09 Å². The molecule has 0 aliphatic carbocycles. The molecule has 1 aliphatic rings. The third kappa shape index (κ3) is 2.37. The minimum Gasteiger partial charge on any atom is -0.465 e. The summed E-state index contributed by atoms with van der Waals surface area (Å²) < 4.78 is 10.7. The summed E-state index contributed by atoms with van der Waals surface area (Å²) >= 11 is 0. The number of benzene rings is 1. The number of nitrogens with one attached hydrogen (secondary N) is 1. The molecule has 2 N–H and O–H groups in total. The minimum absolute atomic E-state index is 0.241. The van der Waals surface area contributed by atoms with Gasteiger partial charge in [0.05, 0.1) is 13.2 Å². The van der Waals surface area contributed by atoms with Crippen molar-refractivity contribution in [2.45, 2.75) is 12.5 Å². The normalized spacial score (nSPS) is 17.5. The van der Waals surface area contributed by atoms with Crippen molar-refractivity contribution in [2.75, 3.05) is 13.2 Å². The van der Waals surface area contributed by atoms with Gasteiger partial charge >= 0.3 is 6.09 Å².